The van der Waals surface area contributed by atoms with Gasteiger partial charge in [-0.15, -0.1) is 0 Å². The van der Waals surface area contributed by atoms with Gasteiger partial charge in [-0.25, -0.2) is 9.18 Å². The first kappa shape index (κ1) is 20.5. The summed E-state index contributed by atoms with van der Waals surface area (Å²) < 4.78 is 22.3. The fourth-order valence-electron chi connectivity index (χ4n) is 4.76. The zero-order chi connectivity index (χ0) is 23.6. The van der Waals surface area contributed by atoms with Gasteiger partial charge >= 0.3 is 5.97 Å². The number of nitrogens with zero attached hydrogens (tertiary/aromatic N) is 2. The number of ether oxygens (including phenoxy) is 1. The predicted molar refractivity (Wildman–Crippen MR) is 124 cm³/mol. The van der Waals surface area contributed by atoms with Crippen LogP contribution in [-0.4, -0.2) is 37.4 Å². The van der Waals surface area contributed by atoms with Gasteiger partial charge < -0.3 is 19.4 Å². The number of H-pyrrole nitrogens is 2. The van der Waals surface area contributed by atoms with Gasteiger partial charge in [0.05, 0.1) is 41.3 Å². The molecule has 0 aliphatic carbocycles. The number of carboxylic acid groups (broad SMARTS) is 1. The Morgan fingerprint density at radius 2 is 2.18 bits per heavy atom. The molecule has 4 heterocycles. The molecule has 0 amide bonds. The van der Waals surface area contributed by atoms with E-state index in [2.05, 4.69) is 15.2 Å². The lowest BCUT2D eigenvalue weighted by Crippen LogP contribution is -2.14. The minimum absolute atomic E-state index is 0.000531. The van der Waals surface area contributed by atoms with Gasteiger partial charge in [0.15, 0.2) is 0 Å². The van der Waals surface area contributed by atoms with Crippen LogP contribution >= 0.6 is 11.6 Å². The van der Waals surface area contributed by atoms with Crippen LogP contribution in [0.2, 0.25) is 5.02 Å². The molecule has 2 aromatic carbocycles. The van der Waals surface area contributed by atoms with Gasteiger partial charge in [-0.2, -0.15) is 5.10 Å². The van der Waals surface area contributed by atoms with Gasteiger partial charge in [-0.1, -0.05) is 11.6 Å². The first-order chi connectivity index (χ1) is 16.5. The highest BCUT2D eigenvalue weighted by atomic mass is 35.5. The van der Waals surface area contributed by atoms with Gasteiger partial charge in [0.1, 0.15) is 17.3 Å². The fourth-order valence-corrected chi connectivity index (χ4v) is 4.97. The van der Waals surface area contributed by atoms with Gasteiger partial charge in [-0.3, -0.25) is 9.89 Å². The van der Waals surface area contributed by atoms with Crippen molar-refractivity contribution in [1.29, 1.82) is 0 Å². The van der Waals surface area contributed by atoms with Gasteiger partial charge in [0.2, 0.25) is 0 Å². The van der Waals surface area contributed by atoms with E-state index in [1.54, 1.807) is 24.4 Å². The van der Waals surface area contributed by atoms with Gasteiger partial charge in [-0.05, 0) is 30.3 Å². The summed E-state index contributed by atoms with van der Waals surface area (Å²) in [6.07, 6.45) is 3.45. The second kappa shape index (κ2) is 7.46. The number of carbonyl (C=O) groups is 1. The number of hydrogen-bond donors (Lipinski definition) is 3. The molecule has 0 unspecified atom stereocenters. The Bertz CT molecular complexity index is 1700. The Labute approximate surface area is 195 Å². The van der Waals surface area contributed by atoms with E-state index >= 15 is 4.39 Å². The first-order valence-electron chi connectivity index (χ1n) is 10.5. The molecule has 5 aromatic rings. The number of aromatic nitrogens is 4. The summed E-state index contributed by atoms with van der Waals surface area (Å²) in [7, 11) is 0. The number of carboxylic acids is 1. The van der Waals surface area contributed by atoms with Gasteiger partial charge in [0.25, 0.3) is 5.56 Å². The van der Waals surface area contributed by atoms with E-state index in [9.17, 15) is 14.7 Å². The van der Waals surface area contributed by atoms with Gasteiger partial charge in [0, 0.05) is 39.7 Å². The molecular weight excluding hydrogens is 463 g/mol. The number of rotatable bonds is 4. The lowest BCUT2D eigenvalue weighted by atomic mass is 10.00. The van der Waals surface area contributed by atoms with Crippen LogP contribution in [0.5, 0.6) is 5.75 Å². The summed E-state index contributed by atoms with van der Waals surface area (Å²) in [5, 5.41) is 18.8. The van der Waals surface area contributed by atoms with Crippen molar-refractivity contribution in [1.82, 2.24) is 19.7 Å². The average molecular weight is 479 g/mol. The van der Waals surface area contributed by atoms with E-state index in [1.165, 1.54) is 22.9 Å². The molecule has 1 aliphatic heterocycles. The van der Waals surface area contributed by atoms with Crippen LogP contribution < -0.4 is 10.3 Å². The van der Waals surface area contributed by atoms with Crippen molar-refractivity contribution in [3.05, 3.63) is 80.7 Å². The largest absolute Gasteiger partial charge is 0.492 e. The number of aromatic amines is 2. The molecule has 0 atom stereocenters. The van der Waals surface area contributed by atoms with Crippen LogP contribution in [0, 0.1) is 5.82 Å². The van der Waals surface area contributed by atoms with Crippen molar-refractivity contribution in [2.75, 3.05) is 6.61 Å². The number of pyridine rings is 1. The van der Waals surface area contributed by atoms with Crippen LogP contribution in [0.4, 0.5) is 4.39 Å². The third-order valence-corrected chi connectivity index (χ3v) is 6.58. The van der Waals surface area contributed by atoms with Crippen molar-refractivity contribution in [3.63, 3.8) is 0 Å². The maximum Gasteiger partial charge on any atom is 0.353 e. The minimum Gasteiger partial charge on any atom is -0.492 e. The van der Waals surface area contributed by atoms with Crippen molar-refractivity contribution in [2.45, 2.75) is 13.0 Å². The third-order valence-electron chi connectivity index (χ3n) is 6.23. The Kier molecular flexibility index (Phi) is 4.50. The molecule has 3 N–H and O–H groups in total. The number of halogens is 2. The molecule has 0 spiro atoms. The summed E-state index contributed by atoms with van der Waals surface area (Å²) >= 11 is 6.50. The SMILES string of the molecule is O=C(O)c1c(-c2ccc[nH]c2=O)c2c3c(c(F)cc2n1Cc1c(Cl)ccc2cn[nH]c12)CCO3. The molecule has 10 heteroatoms. The zero-order valence-corrected chi connectivity index (χ0v) is 18.2. The molecule has 3 aromatic heterocycles. The molecule has 8 nitrogen and oxygen atoms in total. The topological polar surface area (TPSA) is 113 Å². The number of fused-ring (bicyclic) bond motifs is 4. The molecule has 6 rings (SSSR count). The molecule has 1 aliphatic rings. The Morgan fingerprint density at radius 1 is 1.32 bits per heavy atom. The lowest BCUT2D eigenvalue weighted by Gasteiger charge is -2.12. The molecule has 0 saturated carbocycles. The highest BCUT2D eigenvalue weighted by Gasteiger charge is 2.32. The second-order valence-corrected chi connectivity index (χ2v) is 8.45. The number of aromatic carboxylic acids is 1. The number of benzene rings is 2. The monoisotopic (exact) mass is 478 g/mol. The van der Waals surface area contributed by atoms with E-state index < -0.39 is 17.3 Å². The molecule has 170 valence electrons. The Balaban J connectivity index is 1.76. The summed E-state index contributed by atoms with van der Waals surface area (Å²) in [5.41, 5.74) is 1.59. The van der Waals surface area contributed by atoms with E-state index in [0.29, 0.717) is 39.0 Å². The predicted octanol–water partition coefficient (Wildman–Crippen LogP) is 4.35. The van der Waals surface area contributed by atoms with Crippen molar-refractivity contribution >= 4 is 39.4 Å². The highest BCUT2D eigenvalue weighted by molar-refractivity contribution is 6.32. The maximum atomic E-state index is 15.1. The first-order valence-corrected chi connectivity index (χ1v) is 10.9. The molecule has 0 radical (unpaired) electrons. The number of hydrogen-bond acceptors (Lipinski definition) is 4. The van der Waals surface area contributed by atoms with E-state index in [1.807, 2.05) is 0 Å². The summed E-state index contributed by atoms with van der Waals surface area (Å²) in [5.74, 6) is -1.50. The van der Waals surface area contributed by atoms with Crippen LogP contribution in [0.1, 0.15) is 21.6 Å². The van der Waals surface area contributed by atoms with E-state index in [4.69, 9.17) is 16.3 Å². The molecule has 34 heavy (non-hydrogen) atoms. The molecule has 0 saturated heterocycles. The van der Waals surface area contributed by atoms with Crippen LogP contribution in [0.15, 0.2) is 47.5 Å². The van der Waals surface area contributed by atoms with E-state index in [0.717, 1.165) is 5.39 Å². The Hall–Kier alpha value is -4.11. The van der Waals surface area contributed by atoms with Crippen molar-refractivity contribution < 1.29 is 19.0 Å². The van der Waals surface area contributed by atoms with Crippen LogP contribution in [0.3, 0.4) is 0 Å². The van der Waals surface area contributed by atoms with Crippen molar-refractivity contribution in [2.24, 2.45) is 0 Å². The third kappa shape index (κ3) is 2.87. The van der Waals surface area contributed by atoms with E-state index in [-0.39, 0.29) is 35.7 Å². The quantitative estimate of drug-likeness (QED) is 0.355. The normalized spacial score (nSPS) is 12.9. The average Bonchev–Trinajstić information content (AvgIpc) is 3.54. The summed E-state index contributed by atoms with van der Waals surface area (Å²) in [4.78, 5) is 28.0. The highest BCUT2D eigenvalue weighted by Crippen LogP contribution is 2.45. The smallest absolute Gasteiger partial charge is 0.353 e. The Morgan fingerprint density at radius 3 is 2.97 bits per heavy atom. The summed E-state index contributed by atoms with van der Waals surface area (Å²) in [6, 6.07) is 7.95. The standard InChI is InChI=1S/C24H16ClFN4O4/c25-15-4-3-11-9-28-29-20(11)14(15)10-30-17-8-16(26)12-5-7-34-22(12)19(17)18(21(30)24(32)33)13-2-1-6-27-23(13)31/h1-4,6,8-9H,5,7,10H2,(H,27,31)(H,28,29)(H,32,33). The molecule has 0 bridgehead atoms. The second-order valence-electron chi connectivity index (χ2n) is 8.05. The fraction of sp³-hybridized carbons (Fsp3) is 0.125. The van der Waals surface area contributed by atoms with Crippen LogP contribution in [0.25, 0.3) is 32.9 Å². The molecular formula is C24H16ClFN4O4. The lowest BCUT2D eigenvalue weighted by molar-refractivity contribution is 0.0687. The summed E-state index contributed by atoms with van der Waals surface area (Å²) in [6.45, 7) is 0.266. The zero-order valence-electron chi connectivity index (χ0n) is 17.5. The minimum atomic E-state index is -1.27. The maximum absolute atomic E-state index is 15.1. The number of nitrogens with one attached hydrogen (secondary N) is 2. The van der Waals surface area contributed by atoms with Crippen LogP contribution in [-0.2, 0) is 13.0 Å². The van der Waals surface area contributed by atoms with Crippen molar-refractivity contribution in [3.8, 4) is 16.9 Å². The molecule has 0 fully saturated rings.